The van der Waals surface area contributed by atoms with E-state index in [1.807, 2.05) is 0 Å². The van der Waals surface area contributed by atoms with E-state index < -0.39 is 0 Å². The Labute approximate surface area is 103 Å². The maximum absolute atomic E-state index is 3.61. The monoisotopic (exact) mass is 228 g/mol. The van der Waals surface area contributed by atoms with Crippen LogP contribution in [0.1, 0.15) is 54.4 Å². The van der Waals surface area contributed by atoms with E-state index in [4.69, 9.17) is 0 Å². The second-order valence-electron chi connectivity index (χ2n) is 6.42. The highest BCUT2D eigenvalue weighted by Gasteiger charge is 2.17. The van der Waals surface area contributed by atoms with Crippen LogP contribution >= 0.6 is 0 Å². The van der Waals surface area contributed by atoms with Crippen LogP contribution < -0.4 is 5.32 Å². The Balaban J connectivity index is 3.83. The Bertz CT molecular complexity index is 172. The Morgan fingerprint density at radius 1 is 1.19 bits per heavy atom. The number of likely N-dealkylation sites (N-methyl/N-ethyl adjacent to an activating group) is 1. The van der Waals surface area contributed by atoms with Gasteiger partial charge in [0.15, 0.2) is 0 Å². The fraction of sp³-hybridized carbons (Fsp3) is 1.00. The topological polar surface area (TPSA) is 15.3 Å². The minimum atomic E-state index is 0.387. The zero-order chi connectivity index (χ0) is 12.8. The van der Waals surface area contributed by atoms with E-state index >= 15 is 0 Å². The molecular weight excluding hydrogens is 196 g/mol. The third-order valence-corrected chi connectivity index (χ3v) is 2.96. The molecule has 0 aliphatic carbocycles. The molecule has 98 valence electrons. The molecule has 0 saturated carbocycles. The summed E-state index contributed by atoms with van der Waals surface area (Å²) in [5.41, 5.74) is 0.387. The normalized spacial score (nSPS) is 16.5. The van der Waals surface area contributed by atoms with Gasteiger partial charge in [0, 0.05) is 25.2 Å². The molecule has 0 bridgehead atoms. The zero-order valence-electron chi connectivity index (χ0n) is 12.4. The van der Waals surface area contributed by atoms with Crippen molar-refractivity contribution in [2.24, 2.45) is 5.41 Å². The van der Waals surface area contributed by atoms with Gasteiger partial charge in [-0.2, -0.15) is 0 Å². The van der Waals surface area contributed by atoms with E-state index in [0.29, 0.717) is 17.5 Å². The molecule has 0 heterocycles. The summed E-state index contributed by atoms with van der Waals surface area (Å²) < 4.78 is 0. The average molecular weight is 228 g/mol. The van der Waals surface area contributed by atoms with E-state index in [2.05, 4.69) is 58.8 Å². The lowest BCUT2D eigenvalue weighted by Gasteiger charge is -2.32. The Morgan fingerprint density at radius 2 is 1.75 bits per heavy atom. The molecule has 2 atom stereocenters. The highest BCUT2D eigenvalue weighted by Crippen LogP contribution is 2.15. The van der Waals surface area contributed by atoms with Gasteiger partial charge in [-0.15, -0.1) is 0 Å². The molecule has 0 aromatic rings. The van der Waals surface area contributed by atoms with Gasteiger partial charge in [0.25, 0.3) is 0 Å². The first kappa shape index (κ1) is 15.9. The Hall–Kier alpha value is -0.0800. The molecule has 0 radical (unpaired) electrons. The van der Waals surface area contributed by atoms with Crippen LogP contribution in [0.25, 0.3) is 0 Å². The van der Waals surface area contributed by atoms with Crippen LogP contribution in [0.5, 0.6) is 0 Å². The molecule has 16 heavy (non-hydrogen) atoms. The number of hydrogen-bond donors (Lipinski definition) is 1. The van der Waals surface area contributed by atoms with Crippen molar-refractivity contribution in [3.8, 4) is 0 Å². The largest absolute Gasteiger partial charge is 0.313 e. The fourth-order valence-corrected chi connectivity index (χ4v) is 1.97. The van der Waals surface area contributed by atoms with Crippen LogP contribution in [0.3, 0.4) is 0 Å². The van der Waals surface area contributed by atoms with Crippen molar-refractivity contribution >= 4 is 0 Å². The van der Waals surface area contributed by atoms with Gasteiger partial charge in [-0.25, -0.2) is 0 Å². The van der Waals surface area contributed by atoms with Crippen LogP contribution in [0, 0.1) is 5.41 Å². The van der Waals surface area contributed by atoms with E-state index in [0.717, 1.165) is 13.1 Å². The van der Waals surface area contributed by atoms with Crippen LogP contribution in [-0.2, 0) is 0 Å². The smallest absolute Gasteiger partial charge is 0.0189 e. The first-order valence-electron chi connectivity index (χ1n) is 6.70. The van der Waals surface area contributed by atoms with Crippen molar-refractivity contribution in [2.45, 2.75) is 66.5 Å². The maximum atomic E-state index is 3.61. The van der Waals surface area contributed by atoms with Crippen molar-refractivity contribution < 1.29 is 0 Å². The van der Waals surface area contributed by atoms with Gasteiger partial charge < -0.3 is 10.2 Å². The second kappa shape index (κ2) is 7.29. The molecule has 2 nitrogen and oxygen atoms in total. The van der Waals surface area contributed by atoms with E-state index in [9.17, 15) is 0 Å². The molecule has 0 fully saturated rings. The quantitative estimate of drug-likeness (QED) is 0.720. The van der Waals surface area contributed by atoms with Crippen molar-refractivity contribution in [3.05, 3.63) is 0 Å². The molecule has 0 spiro atoms. The molecule has 0 saturated heterocycles. The first-order valence-corrected chi connectivity index (χ1v) is 6.70. The van der Waals surface area contributed by atoms with Crippen molar-refractivity contribution in [2.75, 3.05) is 20.1 Å². The number of hydrogen-bond acceptors (Lipinski definition) is 2. The molecule has 0 amide bonds. The molecule has 0 rings (SSSR count). The molecule has 2 heteroatoms. The van der Waals surface area contributed by atoms with Crippen LogP contribution in [0.2, 0.25) is 0 Å². The van der Waals surface area contributed by atoms with Gasteiger partial charge in [-0.1, -0.05) is 34.1 Å². The Kier molecular flexibility index (Phi) is 7.25. The summed E-state index contributed by atoms with van der Waals surface area (Å²) in [6.07, 6.45) is 2.54. The predicted molar refractivity (Wildman–Crippen MR) is 73.9 cm³/mol. The minimum absolute atomic E-state index is 0.387. The third kappa shape index (κ3) is 8.12. The summed E-state index contributed by atoms with van der Waals surface area (Å²) in [6, 6.07) is 1.26. The minimum Gasteiger partial charge on any atom is -0.313 e. The lowest BCUT2D eigenvalue weighted by atomic mass is 9.95. The maximum Gasteiger partial charge on any atom is 0.0189 e. The highest BCUT2D eigenvalue weighted by molar-refractivity contribution is 4.74. The van der Waals surface area contributed by atoms with Gasteiger partial charge in [0.05, 0.1) is 0 Å². The van der Waals surface area contributed by atoms with Crippen molar-refractivity contribution in [3.63, 3.8) is 0 Å². The SMILES string of the molecule is CCCC(C)NCC(C)N(C)CC(C)(C)C. The van der Waals surface area contributed by atoms with Gasteiger partial charge in [0.1, 0.15) is 0 Å². The average Bonchev–Trinajstić information content (AvgIpc) is 2.11. The molecule has 0 aliphatic heterocycles. The summed E-state index contributed by atoms with van der Waals surface area (Å²) in [6.45, 7) is 16.0. The van der Waals surface area contributed by atoms with Gasteiger partial charge >= 0.3 is 0 Å². The molecule has 0 aliphatic rings. The zero-order valence-corrected chi connectivity index (χ0v) is 12.4. The fourth-order valence-electron chi connectivity index (χ4n) is 1.97. The molecule has 0 aromatic carbocycles. The van der Waals surface area contributed by atoms with Gasteiger partial charge in [-0.3, -0.25) is 0 Å². The molecule has 1 N–H and O–H groups in total. The summed E-state index contributed by atoms with van der Waals surface area (Å²) in [4.78, 5) is 2.45. The first-order chi connectivity index (χ1) is 7.26. The lowest BCUT2D eigenvalue weighted by Crippen LogP contribution is -2.43. The third-order valence-electron chi connectivity index (χ3n) is 2.96. The second-order valence-corrected chi connectivity index (χ2v) is 6.42. The standard InChI is InChI=1S/C14H32N2/c1-8-9-12(2)15-10-13(3)16(7)11-14(4,5)6/h12-13,15H,8-11H2,1-7H3. The Morgan fingerprint density at radius 3 is 2.19 bits per heavy atom. The van der Waals surface area contributed by atoms with Crippen LogP contribution in [-0.4, -0.2) is 37.1 Å². The van der Waals surface area contributed by atoms with Crippen LogP contribution in [0.15, 0.2) is 0 Å². The van der Waals surface area contributed by atoms with E-state index in [1.165, 1.54) is 12.8 Å². The summed E-state index contributed by atoms with van der Waals surface area (Å²) >= 11 is 0. The summed E-state index contributed by atoms with van der Waals surface area (Å²) in [7, 11) is 2.22. The number of nitrogens with zero attached hydrogens (tertiary/aromatic N) is 1. The van der Waals surface area contributed by atoms with Gasteiger partial charge in [-0.05, 0) is 32.7 Å². The summed E-state index contributed by atoms with van der Waals surface area (Å²) in [5, 5.41) is 3.61. The lowest BCUT2D eigenvalue weighted by molar-refractivity contribution is 0.176. The number of rotatable bonds is 7. The highest BCUT2D eigenvalue weighted by atomic mass is 15.1. The predicted octanol–water partition coefficient (Wildman–Crippen LogP) is 3.13. The van der Waals surface area contributed by atoms with Crippen molar-refractivity contribution in [1.82, 2.24) is 10.2 Å². The molecule has 0 aromatic heterocycles. The summed E-state index contributed by atoms with van der Waals surface area (Å²) in [5.74, 6) is 0. The van der Waals surface area contributed by atoms with Crippen molar-refractivity contribution in [1.29, 1.82) is 0 Å². The number of nitrogens with one attached hydrogen (secondary N) is 1. The van der Waals surface area contributed by atoms with E-state index in [1.54, 1.807) is 0 Å². The molecular formula is C14H32N2. The molecule has 2 unspecified atom stereocenters. The van der Waals surface area contributed by atoms with Crippen LogP contribution in [0.4, 0.5) is 0 Å². The van der Waals surface area contributed by atoms with Gasteiger partial charge in [0.2, 0.25) is 0 Å². The van der Waals surface area contributed by atoms with E-state index in [-0.39, 0.29) is 0 Å².